The average molecular weight is 713 g/mol. The van der Waals surface area contributed by atoms with Gasteiger partial charge in [0.15, 0.2) is 0 Å². The minimum atomic E-state index is -4.88. The van der Waals surface area contributed by atoms with Gasteiger partial charge < -0.3 is 10.4 Å². The van der Waals surface area contributed by atoms with Gasteiger partial charge in [0.25, 0.3) is 5.91 Å². The van der Waals surface area contributed by atoms with Crippen molar-refractivity contribution in [1.82, 2.24) is 9.62 Å². The molecule has 3 rings (SSSR count). The highest BCUT2D eigenvalue weighted by Gasteiger charge is 2.30. The van der Waals surface area contributed by atoms with Gasteiger partial charge in [0.2, 0.25) is 10.0 Å². The SMILES string of the molecule is Cc1ccccc1-c1cc(CN(CCc2ccccc2)S(=O)(=O)CCCOC(F)(F)F)ccc1C(=O)NC(CCCS(C)(=O)=O)C(=O)O. The number of amides is 1. The molecule has 15 heteroatoms. The summed E-state index contributed by atoms with van der Waals surface area (Å²) in [4.78, 5) is 25.4. The van der Waals surface area contributed by atoms with Crippen LogP contribution in [0.4, 0.5) is 13.2 Å². The smallest absolute Gasteiger partial charge is 0.480 e. The number of sulfonamides is 1. The molecular weight excluding hydrogens is 673 g/mol. The highest BCUT2D eigenvalue weighted by molar-refractivity contribution is 7.90. The van der Waals surface area contributed by atoms with E-state index in [1.165, 1.54) is 16.4 Å². The Bertz CT molecular complexity index is 1770. The van der Waals surface area contributed by atoms with E-state index in [2.05, 4.69) is 10.1 Å². The summed E-state index contributed by atoms with van der Waals surface area (Å²) in [5, 5.41) is 12.2. The van der Waals surface area contributed by atoms with E-state index in [1.807, 2.05) is 43.3 Å². The molecule has 1 atom stereocenters. The number of hydrogen-bond acceptors (Lipinski definition) is 7. The van der Waals surface area contributed by atoms with Crippen molar-refractivity contribution in [3.8, 4) is 11.1 Å². The Morgan fingerprint density at radius 1 is 0.896 bits per heavy atom. The standard InChI is InChI=1S/C33H39F3N2O8S2/c1-24-10-6-7-13-27(24)29-22-26(15-16-28(29)31(39)37-30(32(40)41)14-8-20-47(2,42)43)23-38(18-17-25-11-4-3-5-12-25)48(44,45)21-9-19-46-33(34,35)36/h3-7,10-13,15-16,22,30H,8-9,14,17-21,23H2,1-2H3,(H,37,39)(H,40,41). The number of sulfone groups is 1. The third-order valence-corrected chi connectivity index (χ3v) is 10.4. The molecule has 0 aliphatic carbocycles. The van der Waals surface area contributed by atoms with Gasteiger partial charge in [0.1, 0.15) is 15.9 Å². The van der Waals surface area contributed by atoms with E-state index in [9.17, 15) is 44.7 Å². The molecule has 0 aliphatic rings. The van der Waals surface area contributed by atoms with Gasteiger partial charge in [-0.2, -0.15) is 4.31 Å². The number of halogens is 3. The lowest BCUT2D eigenvalue weighted by atomic mass is 9.93. The molecule has 0 bridgehead atoms. The fraction of sp³-hybridized carbons (Fsp3) is 0.394. The lowest BCUT2D eigenvalue weighted by Gasteiger charge is -2.24. The number of hydrogen-bond donors (Lipinski definition) is 2. The van der Waals surface area contributed by atoms with Crippen LogP contribution in [0.2, 0.25) is 0 Å². The second-order valence-corrected chi connectivity index (χ2v) is 15.7. The summed E-state index contributed by atoms with van der Waals surface area (Å²) in [5.41, 5.74) is 3.28. The number of aliphatic carboxylic acids is 1. The number of carbonyl (C=O) groups excluding carboxylic acids is 1. The maximum Gasteiger partial charge on any atom is 0.522 e. The van der Waals surface area contributed by atoms with E-state index in [0.717, 1.165) is 17.4 Å². The molecule has 1 unspecified atom stereocenters. The van der Waals surface area contributed by atoms with E-state index in [1.54, 1.807) is 24.3 Å². The first-order valence-electron chi connectivity index (χ1n) is 15.1. The summed E-state index contributed by atoms with van der Waals surface area (Å²) < 4.78 is 92.3. The van der Waals surface area contributed by atoms with Gasteiger partial charge in [0, 0.05) is 30.7 Å². The number of ether oxygens (including phenoxy) is 1. The molecular formula is C33H39F3N2O8S2. The minimum absolute atomic E-state index is 0.0231. The molecule has 48 heavy (non-hydrogen) atoms. The van der Waals surface area contributed by atoms with Crippen molar-refractivity contribution in [1.29, 1.82) is 0 Å². The number of nitrogens with zero attached hydrogens (tertiary/aromatic N) is 1. The van der Waals surface area contributed by atoms with Crippen LogP contribution >= 0.6 is 0 Å². The number of aryl methyl sites for hydroxylation is 1. The molecule has 10 nitrogen and oxygen atoms in total. The van der Waals surface area contributed by atoms with Crippen LogP contribution in [-0.4, -0.2) is 81.4 Å². The minimum Gasteiger partial charge on any atom is -0.480 e. The maximum absolute atomic E-state index is 13.5. The summed E-state index contributed by atoms with van der Waals surface area (Å²) in [6.07, 6.45) is -3.99. The molecule has 0 radical (unpaired) electrons. The molecule has 3 aromatic rings. The summed E-state index contributed by atoms with van der Waals surface area (Å²) >= 11 is 0. The number of benzene rings is 3. The van der Waals surface area contributed by atoms with Crippen LogP contribution in [-0.2, 0) is 42.4 Å². The van der Waals surface area contributed by atoms with Crippen molar-refractivity contribution in [3.63, 3.8) is 0 Å². The Balaban J connectivity index is 1.94. The van der Waals surface area contributed by atoms with Crippen LogP contribution in [0.5, 0.6) is 0 Å². The maximum atomic E-state index is 13.5. The van der Waals surface area contributed by atoms with Crippen LogP contribution in [0.1, 0.15) is 46.3 Å². The van der Waals surface area contributed by atoms with Crippen molar-refractivity contribution in [2.75, 3.05) is 30.9 Å². The quantitative estimate of drug-likeness (QED) is 0.176. The Hall–Kier alpha value is -3.79. The van der Waals surface area contributed by atoms with Crippen molar-refractivity contribution in [2.24, 2.45) is 0 Å². The van der Waals surface area contributed by atoms with Crippen LogP contribution in [0.15, 0.2) is 72.8 Å². The predicted molar refractivity (Wildman–Crippen MR) is 175 cm³/mol. The molecule has 3 aromatic carbocycles. The first kappa shape index (κ1) is 38.7. The predicted octanol–water partition coefficient (Wildman–Crippen LogP) is 4.97. The molecule has 0 fully saturated rings. The first-order chi connectivity index (χ1) is 22.4. The first-order valence-corrected chi connectivity index (χ1v) is 18.7. The zero-order valence-electron chi connectivity index (χ0n) is 26.6. The number of nitrogens with one attached hydrogen (secondary N) is 1. The lowest BCUT2D eigenvalue weighted by molar-refractivity contribution is -0.324. The third-order valence-electron chi connectivity index (χ3n) is 7.43. The summed E-state index contributed by atoms with van der Waals surface area (Å²) in [7, 11) is -7.40. The molecule has 0 aliphatic heterocycles. The Kier molecular flexibility index (Phi) is 13.7. The molecule has 2 N–H and O–H groups in total. The highest BCUT2D eigenvalue weighted by Crippen LogP contribution is 2.29. The molecule has 0 saturated carbocycles. The topological polar surface area (TPSA) is 147 Å². The van der Waals surface area contributed by atoms with Crippen molar-refractivity contribution in [3.05, 3.63) is 95.1 Å². The van der Waals surface area contributed by atoms with Crippen molar-refractivity contribution in [2.45, 2.75) is 51.6 Å². The van der Waals surface area contributed by atoms with Crippen LogP contribution in [0, 0.1) is 6.92 Å². The Morgan fingerprint density at radius 3 is 2.19 bits per heavy atom. The van der Waals surface area contributed by atoms with E-state index in [-0.39, 0.29) is 43.7 Å². The molecule has 0 heterocycles. The number of carboxylic acids is 1. The highest BCUT2D eigenvalue weighted by atomic mass is 32.2. The zero-order chi connectivity index (χ0) is 35.5. The van der Waals surface area contributed by atoms with Gasteiger partial charge >= 0.3 is 12.3 Å². The Labute approximate surface area is 278 Å². The fourth-order valence-electron chi connectivity index (χ4n) is 5.01. The molecule has 262 valence electrons. The third kappa shape index (κ3) is 12.7. The van der Waals surface area contributed by atoms with Gasteiger partial charge in [-0.05, 0) is 72.6 Å². The number of carboxylic acid groups (broad SMARTS) is 1. The second kappa shape index (κ2) is 17.0. The van der Waals surface area contributed by atoms with Crippen molar-refractivity contribution >= 4 is 31.7 Å². The van der Waals surface area contributed by atoms with Gasteiger partial charge in [0.05, 0.1) is 12.4 Å². The van der Waals surface area contributed by atoms with E-state index in [0.29, 0.717) is 23.1 Å². The second-order valence-electron chi connectivity index (χ2n) is 11.4. The molecule has 0 spiro atoms. The van der Waals surface area contributed by atoms with Gasteiger partial charge in [-0.1, -0.05) is 60.7 Å². The monoisotopic (exact) mass is 712 g/mol. The lowest BCUT2D eigenvalue weighted by Crippen LogP contribution is -2.41. The van der Waals surface area contributed by atoms with Crippen LogP contribution in [0.25, 0.3) is 11.1 Å². The van der Waals surface area contributed by atoms with Crippen LogP contribution in [0.3, 0.4) is 0 Å². The largest absolute Gasteiger partial charge is 0.522 e. The molecule has 0 saturated heterocycles. The van der Waals surface area contributed by atoms with Crippen molar-refractivity contribution < 1.29 is 49.4 Å². The number of rotatable bonds is 18. The zero-order valence-corrected chi connectivity index (χ0v) is 28.2. The van der Waals surface area contributed by atoms with Gasteiger partial charge in [-0.3, -0.25) is 9.53 Å². The summed E-state index contributed by atoms with van der Waals surface area (Å²) in [6.45, 7) is 0.873. The number of alkyl halides is 3. The fourth-order valence-corrected chi connectivity index (χ4v) is 7.15. The van der Waals surface area contributed by atoms with E-state index >= 15 is 0 Å². The number of carbonyl (C=O) groups is 2. The Morgan fingerprint density at radius 2 is 1.56 bits per heavy atom. The van der Waals surface area contributed by atoms with Crippen LogP contribution < -0.4 is 5.32 Å². The van der Waals surface area contributed by atoms with Gasteiger partial charge in [-0.25, -0.2) is 21.6 Å². The van der Waals surface area contributed by atoms with E-state index in [4.69, 9.17) is 0 Å². The molecule has 1 amide bonds. The average Bonchev–Trinajstić information content (AvgIpc) is 3.00. The summed E-state index contributed by atoms with van der Waals surface area (Å²) in [6, 6.07) is 19.5. The summed E-state index contributed by atoms with van der Waals surface area (Å²) in [5.74, 6) is -2.87. The molecule has 0 aromatic heterocycles. The van der Waals surface area contributed by atoms with Gasteiger partial charge in [-0.15, -0.1) is 13.2 Å². The van der Waals surface area contributed by atoms with E-state index < -0.39 is 56.5 Å². The normalized spacial score (nSPS) is 13.0.